The topological polar surface area (TPSA) is 94.2 Å². The van der Waals surface area contributed by atoms with E-state index < -0.39 is 5.97 Å². The Bertz CT molecular complexity index is 1040. The fraction of sp³-hybridized carbons (Fsp3) is 0.100. The number of carboxylic acids is 1. The standard InChI is InChI=1S/C20H17N3O3/c24-19(25)8-6-12-5-7-16-17(9-12)23-20(26)18(22-16)10-13-11-21-15-4-2-1-3-14(13)15/h1-9,11,18,21-22H,10H2,(H,23,26)(H,24,25)/b8-6+. The molecular weight excluding hydrogens is 330 g/mol. The molecule has 1 aliphatic heterocycles. The molecule has 26 heavy (non-hydrogen) atoms. The summed E-state index contributed by atoms with van der Waals surface area (Å²) in [6, 6.07) is 13.0. The highest BCUT2D eigenvalue weighted by atomic mass is 16.4. The van der Waals surface area contributed by atoms with Gasteiger partial charge in [-0.05, 0) is 35.4 Å². The normalized spacial score (nSPS) is 16.3. The van der Waals surface area contributed by atoms with Crippen molar-refractivity contribution in [3.05, 3.63) is 65.9 Å². The molecule has 3 aromatic rings. The lowest BCUT2D eigenvalue weighted by Crippen LogP contribution is -2.40. The molecule has 1 aliphatic rings. The summed E-state index contributed by atoms with van der Waals surface area (Å²) in [5, 5.41) is 16.0. The number of carbonyl (C=O) groups is 2. The Morgan fingerprint density at radius 3 is 2.85 bits per heavy atom. The summed E-state index contributed by atoms with van der Waals surface area (Å²) in [7, 11) is 0. The number of hydrogen-bond donors (Lipinski definition) is 4. The fourth-order valence-electron chi connectivity index (χ4n) is 3.20. The van der Waals surface area contributed by atoms with Crippen LogP contribution < -0.4 is 10.6 Å². The second-order valence-electron chi connectivity index (χ2n) is 6.23. The van der Waals surface area contributed by atoms with Gasteiger partial charge in [-0.15, -0.1) is 0 Å². The fourth-order valence-corrected chi connectivity index (χ4v) is 3.20. The number of aromatic amines is 1. The predicted octanol–water partition coefficient (Wildman–Crippen LogP) is 3.24. The van der Waals surface area contributed by atoms with Gasteiger partial charge in [-0.1, -0.05) is 24.3 Å². The second-order valence-corrected chi connectivity index (χ2v) is 6.23. The zero-order chi connectivity index (χ0) is 18.1. The summed E-state index contributed by atoms with van der Waals surface area (Å²) in [6.07, 6.45) is 5.07. The molecule has 4 N–H and O–H groups in total. The molecule has 2 aromatic carbocycles. The van der Waals surface area contributed by atoms with Crippen LogP contribution in [0.2, 0.25) is 0 Å². The van der Waals surface area contributed by atoms with E-state index >= 15 is 0 Å². The number of amides is 1. The molecule has 2 heterocycles. The van der Waals surface area contributed by atoms with Crippen LogP contribution in [0.1, 0.15) is 11.1 Å². The first-order chi connectivity index (χ1) is 12.6. The van der Waals surface area contributed by atoms with Crippen molar-refractivity contribution in [3.63, 3.8) is 0 Å². The minimum Gasteiger partial charge on any atom is -0.478 e. The quantitative estimate of drug-likeness (QED) is 0.545. The number of rotatable bonds is 4. The SMILES string of the molecule is O=C(O)/C=C/c1ccc2c(c1)NC(=O)C(Cc1c[nH]c3ccccc13)N2. The highest BCUT2D eigenvalue weighted by molar-refractivity contribution is 6.04. The Balaban J connectivity index is 1.56. The van der Waals surface area contributed by atoms with Crippen LogP contribution in [-0.4, -0.2) is 28.0 Å². The van der Waals surface area contributed by atoms with E-state index in [2.05, 4.69) is 15.6 Å². The van der Waals surface area contributed by atoms with Gasteiger partial charge < -0.3 is 20.7 Å². The van der Waals surface area contributed by atoms with Crippen LogP contribution in [0.4, 0.5) is 11.4 Å². The molecule has 0 spiro atoms. The average Bonchev–Trinajstić information content (AvgIpc) is 3.03. The largest absolute Gasteiger partial charge is 0.478 e. The summed E-state index contributed by atoms with van der Waals surface area (Å²) in [5.74, 6) is -1.12. The van der Waals surface area contributed by atoms with E-state index in [1.54, 1.807) is 6.07 Å². The molecule has 1 aromatic heterocycles. The van der Waals surface area contributed by atoms with Gasteiger partial charge in [-0.3, -0.25) is 4.79 Å². The van der Waals surface area contributed by atoms with Crippen molar-refractivity contribution in [1.29, 1.82) is 0 Å². The van der Waals surface area contributed by atoms with Gasteiger partial charge in [0.1, 0.15) is 6.04 Å². The number of para-hydroxylation sites is 1. The molecule has 0 bridgehead atoms. The van der Waals surface area contributed by atoms with Gasteiger partial charge in [0.15, 0.2) is 0 Å². The third-order valence-electron chi connectivity index (χ3n) is 4.47. The van der Waals surface area contributed by atoms with Crippen molar-refractivity contribution >= 4 is 40.2 Å². The zero-order valence-corrected chi connectivity index (χ0v) is 13.8. The first-order valence-corrected chi connectivity index (χ1v) is 8.27. The maximum absolute atomic E-state index is 12.5. The Hall–Kier alpha value is -3.54. The van der Waals surface area contributed by atoms with Gasteiger partial charge in [0.05, 0.1) is 11.4 Å². The van der Waals surface area contributed by atoms with E-state index in [9.17, 15) is 9.59 Å². The summed E-state index contributed by atoms with van der Waals surface area (Å²) >= 11 is 0. The molecule has 0 saturated heterocycles. The molecule has 0 fully saturated rings. The van der Waals surface area contributed by atoms with E-state index in [0.29, 0.717) is 17.7 Å². The molecule has 1 amide bonds. The van der Waals surface area contributed by atoms with Crippen LogP contribution in [-0.2, 0) is 16.0 Å². The van der Waals surface area contributed by atoms with Crippen LogP contribution in [0.5, 0.6) is 0 Å². The Morgan fingerprint density at radius 2 is 2.00 bits per heavy atom. The lowest BCUT2D eigenvalue weighted by Gasteiger charge is -2.27. The molecule has 6 nitrogen and oxygen atoms in total. The van der Waals surface area contributed by atoms with Crippen molar-refractivity contribution in [2.45, 2.75) is 12.5 Å². The second kappa shape index (κ2) is 6.40. The molecule has 130 valence electrons. The van der Waals surface area contributed by atoms with Crippen LogP contribution in [0, 0.1) is 0 Å². The number of carboxylic acid groups (broad SMARTS) is 1. The zero-order valence-electron chi connectivity index (χ0n) is 13.8. The summed E-state index contributed by atoms with van der Waals surface area (Å²) < 4.78 is 0. The number of fused-ring (bicyclic) bond motifs is 2. The lowest BCUT2D eigenvalue weighted by molar-refractivity contribution is -0.131. The maximum Gasteiger partial charge on any atom is 0.328 e. The monoisotopic (exact) mass is 347 g/mol. The number of H-pyrrole nitrogens is 1. The number of benzene rings is 2. The lowest BCUT2D eigenvalue weighted by atomic mass is 10.0. The molecule has 0 saturated carbocycles. The summed E-state index contributed by atoms with van der Waals surface area (Å²) in [5.41, 5.74) is 4.31. The number of carbonyl (C=O) groups excluding carboxylic acids is 1. The van der Waals surface area contributed by atoms with E-state index in [0.717, 1.165) is 28.2 Å². The van der Waals surface area contributed by atoms with E-state index in [1.807, 2.05) is 42.6 Å². The van der Waals surface area contributed by atoms with Crippen molar-refractivity contribution in [3.8, 4) is 0 Å². The summed E-state index contributed by atoms with van der Waals surface area (Å²) in [4.78, 5) is 26.4. The minimum atomic E-state index is -1.01. The molecule has 1 unspecified atom stereocenters. The van der Waals surface area contributed by atoms with E-state index in [-0.39, 0.29) is 11.9 Å². The number of aliphatic carboxylic acids is 1. The van der Waals surface area contributed by atoms with Crippen LogP contribution in [0.25, 0.3) is 17.0 Å². The van der Waals surface area contributed by atoms with Gasteiger partial charge >= 0.3 is 5.97 Å². The van der Waals surface area contributed by atoms with E-state index in [1.165, 1.54) is 6.08 Å². The minimum absolute atomic E-state index is 0.109. The highest BCUT2D eigenvalue weighted by Crippen LogP contribution is 2.30. The number of anilines is 2. The molecule has 1 atom stereocenters. The van der Waals surface area contributed by atoms with Crippen molar-refractivity contribution in [2.24, 2.45) is 0 Å². The molecule has 0 radical (unpaired) electrons. The predicted molar refractivity (Wildman–Crippen MR) is 101 cm³/mol. The Kier molecular flexibility index (Phi) is 3.93. The first-order valence-electron chi connectivity index (χ1n) is 8.27. The molecular formula is C20H17N3O3. The highest BCUT2D eigenvalue weighted by Gasteiger charge is 2.26. The first kappa shape index (κ1) is 16.0. The summed E-state index contributed by atoms with van der Waals surface area (Å²) in [6.45, 7) is 0. The molecule has 6 heteroatoms. The van der Waals surface area contributed by atoms with Crippen LogP contribution >= 0.6 is 0 Å². The number of nitrogens with one attached hydrogen (secondary N) is 3. The average molecular weight is 347 g/mol. The van der Waals surface area contributed by atoms with Crippen molar-refractivity contribution in [1.82, 2.24) is 4.98 Å². The van der Waals surface area contributed by atoms with Gasteiger partial charge in [-0.2, -0.15) is 0 Å². The number of aromatic nitrogens is 1. The van der Waals surface area contributed by atoms with Gasteiger partial charge in [-0.25, -0.2) is 4.79 Å². The van der Waals surface area contributed by atoms with Gasteiger partial charge in [0, 0.05) is 29.6 Å². The van der Waals surface area contributed by atoms with Crippen LogP contribution in [0.15, 0.2) is 54.7 Å². The molecule has 4 rings (SSSR count). The van der Waals surface area contributed by atoms with Crippen molar-refractivity contribution < 1.29 is 14.7 Å². The van der Waals surface area contributed by atoms with Crippen molar-refractivity contribution in [2.75, 3.05) is 10.6 Å². The maximum atomic E-state index is 12.5. The van der Waals surface area contributed by atoms with Gasteiger partial charge in [0.25, 0.3) is 0 Å². The van der Waals surface area contributed by atoms with Gasteiger partial charge in [0.2, 0.25) is 5.91 Å². The Labute approximate surface area is 149 Å². The molecule has 0 aliphatic carbocycles. The smallest absolute Gasteiger partial charge is 0.328 e. The third kappa shape index (κ3) is 3.04. The van der Waals surface area contributed by atoms with Crippen LogP contribution in [0.3, 0.4) is 0 Å². The van der Waals surface area contributed by atoms with E-state index in [4.69, 9.17) is 5.11 Å². The number of hydrogen-bond acceptors (Lipinski definition) is 3. The third-order valence-corrected chi connectivity index (χ3v) is 4.47. The Morgan fingerprint density at radius 1 is 1.15 bits per heavy atom.